The predicted molar refractivity (Wildman–Crippen MR) is 68.7 cm³/mol. The highest BCUT2D eigenvalue weighted by Gasteiger charge is 2.08. The van der Waals surface area contributed by atoms with Gasteiger partial charge in [-0.05, 0) is 32.8 Å². The molecule has 0 bridgehead atoms. The molecule has 0 aromatic heterocycles. The van der Waals surface area contributed by atoms with Gasteiger partial charge < -0.3 is 10.1 Å². The Kier molecular flexibility index (Phi) is 5.50. The van der Waals surface area contributed by atoms with Gasteiger partial charge in [0.25, 0.3) is 0 Å². The van der Waals surface area contributed by atoms with Crippen molar-refractivity contribution in [3.8, 4) is 0 Å². The van der Waals surface area contributed by atoms with E-state index in [1.165, 1.54) is 11.1 Å². The molecule has 0 saturated heterocycles. The summed E-state index contributed by atoms with van der Waals surface area (Å²) in [7, 11) is 1.75. The second-order valence-electron chi connectivity index (χ2n) is 4.49. The van der Waals surface area contributed by atoms with Crippen LogP contribution in [0.1, 0.15) is 37.4 Å². The van der Waals surface area contributed by atoms with Gasteiger partial charge in [-0.15, -0.1) is 0 Å². The summed E-state index contributed by atoms with van der Waals surface area (Å²) >= 11 is 0. The Bertz CT molecular complexity index is 311. The standard InChI is InChI=1S/C14H23NO/c1-11-6-5-7-14(10-11)13(3)15-12(2)8-9-16-4/h5-7,10,12-13,15H,8-9H2,1-4H3/t12?,13-/m0/s1. The van der Waals surface area contributed by atoms with E-state index in [9.17, 15) is 0 Å². The van der Waals surface area contributed by atoms with Gasteiger partial charge in [0.2, 0.25) is 0 Å². The van der Waals surface area contributed by atoms with Crippen molar-refractivity contribution in [3.63, 3.8) is 0 Å². The van der Waals surface area contributed by atoms with Crippen LogP contribution in [0.15, 0.2) is 24.3 Å². The summed E-state index contributed by atoms with van der Waals surface area (Å²) in [5.74, 6) is 0. The molecule has 0 spiro atoms. The SMILES string of the molecule is COCCC(C)N[C@@H](C)c1cccc(C)c1. The van der Waals surface area contributed by atoms with Gasteiger partial charge in [0.15, 0.2) is 0 Å². The van der Waals surface area contributed by atoms with Crippen molar-refractivity contribution in [3.05, 3.63) is 35.4 Å². The molecule has 0 fully saturated rings. The Labute approximate surface area is 99.0 Å². The molecule has 0 saturated carbocycles. The van der Waals surface area contributed by atoms with Crippen LogP contribution in [0.25, 0.3) is 0 Å². The molecular formula is C14H23NO. The molecule has 16 heavy (non-hydrogen) atoms. The van der Waals surface area contributed by atoms with E-state index in [4.69, 9.17) is 4.74 Å². The topological polar surface area (TPSA) is 21.3 Å². The van der Waals surface area contributed by atoms with E-state index in [2.05, 4.69) is 50.4 Å². The quantitative estimate of drug-likeness (QED) is 0.797. The monoisotopic (exact) mass is 221 g/mol. The lowest BCUT2D eigenvalue weighted by Crippen LogP contribution is -2.29. The van der Waals surface area contributed by atoms with E-state index < -0.39 is 0 Å². The van der Waals surface area contributed by atoms with Gasteiger partial charge in [0.05, 0.1) is 0 Å². The Balaban J connectivity index is 2.48. The fourth-order valence-electron chi connectivity index (χ4n) is 1.84. The number of aryl methyl sites for hydroxylation is 1. The van der Waals surface area contributed by atoms with Gasteiger partial charge in [0.1, 0.15) is 0 Å². The molecule has 0 heterocycles. The number of methoxy groups -OCH3 is 1. The number of hydrogen-bond donors (Lipinski definition) is 1. The van der Waals surface area contributed by atoms with E-state index in [1.807, 2.05) is 0 Å². The summed E-state index contributed by atoms with van der Waals surface area (Å²) in [6.07, 6.45) is 1.05. The highest BCUT2D eigenvalue weighted by Crippen LogP contribution is 2.14. The zero-order valence-corrected chi connectivity index (χ0v) is 10.8. The minimum absolute atomic E-state index is 0.395. The third-order valence-corrected chi connectivity index (χ3v) is 2.83. The van der Waals surface area contributed by atoms with Crippen LogP contribution in [-0.4, -0.2) is 19.8 Å². The fraction of sp³-hybridized carbons (Fsp3) is 0.571. The predicted octanol–water partition coefficient (Wildman–Crippen LogP) is 3.07. The van der Waals surface area contributed by atoms with Crippen LogP contribution in [-0.2, 0) is 4.74 Å². The van der Waals surface area contributed by atoms with Crippen LogP contribution in [0, 0.1) is 6.92 Å². The number of ether oxygens (including phenoxy) is 1. The zero-order valence-electron chi connectivity index (χ0n) is 10.8. The summed E-state index contributed by atoms with van der Waals surface area (Å²) in [4.78, 5) is 0. The highest BCUT2D eigenvalue weighted by atomic mass is 16.5. The van der Waals surface area contributed by atoms with E-state index >= 15 is 0 Å². The maximum absolute atomic E-state index is 5.08. The summed E-state index contributed by atoms with van der Waals surface area (Å²) in [6.45, 7) is 7.35. The average molecular weight is 221 g/mol. The van der Waals surface area contributed by atoms with Crippen LogP contribution in [0.3, 0.4) is 0 Å². The average Bonchev–Trinajstić information content (AvgIpc) is 2.26. The largest absolute Gasteiger partial charge is 0.385 e. The van der Waals surface area contributed by atoms with Crippen LogP contribution in [0.4, 0.5) is 0 Å². The first kappa shape index (κ1) is 13.2. The molecule has 2 atom stereocenters. The molecule has 0 amide bonds. The van der Waals surface area contributed by atoms with Crippen molar-refractivity contribution in [1.82, 2.24) is 5.32 Å². The summed E-state index contributed by atoms with van der Waals surface area (Å²) < 4.78 is 5.08. The fourth-order valence-corrected chi connectivity index (χ4v) is 1.84. The summed E-state index contributed by atoms with van der Waals surface area (Å²) in [5, 5.41) is 3.58. The molecule has 1 N–H and O–H groups in total. The molecule has 1 rings (SSSR count). The third kappa shape index (κ3) is 4.33. The Morgan fingerprint density at radius 2 is 2.06 bits per heavy atom. The molecule has 90 valence electrons. The van der Waals surface area contributed by atoms with Gasteiger partial charge >= 0.3 is 0 Å². The highest BCUT2D eigenvalue weighted by molar-refractivity contribution is 5.24. The Morgan fingerprint density at radius 1 is 1.31 bits per heavy atom. The summed E-state index contributed by atoms with van der Waals surface area (Å²) in [6, 6.07) is 9.53. The second-order valence-corrected chi connectivity index (χ2v) is 4.49. The first-order valence-corrected chi connectivity index (χ1v) is 5.95. The van der Waals surface area contributed by atoms with Crippen LogP contribution >= 0.6 is 0 Å². The van der Waals surface area contributed by atoms with Crippen molar-refractivity contribution in [1.29, 1.82) is 0 Å². The Hall–Kier alpha value is -0.860. The van der Waals surface area contributed by atoms with Gasteiger partial charge in [-0.2, -0.15) is 0 Å². The Morgan fingerprint density at radius 3 is 2.69 bits per heavy atom. The molecule has 1 aromatic carbocycles. The van der Waals surface area contributed by atoms with Gasteiger partial charge in [-0.3, -0.25) is 0 Å². The minimum atomic E-state index is 0.395. The molecular weight excluding hydrogens is 198 g/mol. The van der Waals surface area contributed by atoms with Crippen LogP contribution in [0.5, 0.6) is 0 Å². The number of hydrogen-bond acceptors (Lipinski definition) is 2. The van der Waals surface area contributed by atoms with Gasteiger partial charge in [-0.1, -0.05) is 29.8 Å². The third-order valence-electron chi connectivity index (χ3n) is 2.83. The second kappa shape index (κ2) is 6.66. The molecule has 0 aliphatic rings. The van der Waals surface area contributed by atoms with Crippen molar-refractivity contribution < 1.29 is 4.74 Å². The summed E-state index contributed by atoms with van der Waals surface area (Å²) in [5.41, 5.74) is 2.67. The van der Waals surface area contributed by atoms with Crippen molar-refractivity contribution >= 4 is 0 Å². The molecule has 1 unspecified atom stereocenters. The van der Waals surface area contributed by atoms with Crippen molar-refractivity contribution in [2.24, 2.45) is 0 Å². The van der Waals surface area contributed by atoms with E-state index in [0.717, 1.165) is 13.0 Å². The lowest BCUT2D eigenvalue weighted by molar-refractivity contribution is 0.183. The van der Waals surface area contributed by atoms with Crippen molar-refractivity contribution in [2.45, 2.75) is 39.3 Å². The van der Waals surface area contributed by atoms with E-state index in [1.54, 1.807) is 7.11 Å². The van der Waals surface area contributed by atoms with Gasteiger partial charge in [0, 0.05) is 25.8 Å². The van der Waals surface area contributed by atoms with E-state index in [0.29, 0.717) is 12.1 Å². The maximum atomic E-state index is 5.08. The number of benzene rings is 1. The van der Waals surface area contributed by atoms with E-state index in [-0.39, 0.29) is 0 Å². The molecule has 1 aromatic rings. The van der Waals surface area contributed by atoms with Gasteiger partial charge in [-0.25, -0.2) is 0 Å². The molecule has 0 aliphatic carbocycles. The first-order valence-electron chi connectivity index (χ1n) is 5.95. The number of rotatable bonds is 6. The van der Waals surface area contributed by atoms with Crippen LogP contribution in [0.2, 0.25) is 0 Å². The minimum Gasteiger partial charge on any atom is -0.385 e. The molecule has 2 heteroatoms. The molecule has 0 radical (unpaired) electrons. The maximum Gasteiger partial charge on any atom is 0.0476 e. The van der Waals surface area contributed by atoms with Crippen molar-refractivity contribution in [2.75, 3.05) is 13.7 Å². The lowest BCUT2D eigenvalue weighted by atomic mass is 10.0. The molecule has 0 aliphatic heterocycles. The molecule has 2 nitrogen and oxygen atoms in total. The first-order chi connectivity index (χ1) is 7.63. The lowest BCUT2D eigenvalue weighted by Gasteiger charge is -2.20. The smallest absolute Gasteiger partial charge is 0.0476 e. The van der Waals surface area contributed by atoms with Crippen LogP contribution < -0.4 is 5.32 Å². The number of nitrogens with one attached hydrogen (secondary N) is 1. The normalized spacial score (nSPS) is 14.8. The zero-order chi connectivity index (χ0) is 12.0.